The summed E-state index contributed by atoms with van der Waals surface area (Å²) in [5, 5.41) is 11.7. The molecular weight excluding hydrogens is 380 g/mol. The van der Waals surface area contributed by atoms with Gasteiger partial charge >= 0.3 is 5.97 Å². The maximum atomic E-state index is 12.5. The van der Waals surface area contributed by atoms with E-state index in [1.54, 1.807) is 13.8 Å². The van der Waals surface area contributed by atoms with Crippen LogP contribution in [-0.2, 0) is 4.74 Å². The Bertz CT molecular complexity index is 1060. The fraction of sp³-hybridized carbons (Fsp3) is 0.150. The van der Waals surface area contributed by atoms with E-state index in [-0.39, 0.29) is 11.3 Å². The molecule has 0 fully saturated rings. The average Bonchev–Trinajstić information content (AvgIpc) is 3.08. The summed E-state index contributed by atoms with van der Waals surface area (Å²) < 4.78 is 5.16. The van der Waals surface area contributed by atoms with Gasteiger partial charge < -0.3 is 4.74 Å². The van der Waals surface area contributed by atoms with Gasteiger partial charge in [0.15, 0.2) is 6.61 Å². The third-order valence-corrected chi connectivity index (χ3v) is 4.98. The van der Waals surface area contributed by atoms with E-state index in [1.165, 1.54) is 29.5 Å². The van der Waals surface area contributed by atoms with Crippen molar-refractivity contribution in [2.45, 2.75) is 13.8 Å². The number of aromatic nitrogens is 1. The number of nitrogens with zero attached hydrogens (tertiary/aromatic N) is 2. The van der Waals surface area contributed by atoms with Gasteiger partial charge in [-0.25, -0.2) is 9.78 Å². The number of nitro benzene ring substituents is 1. The first-order chi connectivity index (χ1) is 13.4. The fourth-order valence-corrected chi connectivity index (χ4v) is 3.45. The predicted molar refractivity (Wildman–Crippen MR) is 105 cm³/mol. The molecule has 2 aromatic carbocycles. The van der Waals surface area contributed by atoms with E-state index >= 15 is 0 Å². The SMILES string of the molecule is Cc1nc(-c2ccccc2)c(C(=O)OCC(=O)c2ccc(C)c([N+](=O)[O-])c2)s1. The minimum absolute atomic E-state index is 0.119. The lowest BCUT2D eigenvalue weighted by atomic mass is 10.1. The van der Waals surface area contributed by atoms with Crippen LogP contribution >= 0.6 is 11.3 Å². The molecule has 142 valence electrons. The lowest BCUT2D eigenvalue weighted by molar-refractivity contribution is -0.385. The number of Topliss-reactive ketones (excluding diaryl/α,β-unsaturated/α-hetero) is 1. The molecule has 0 spiro atoms. The average molecular weight is 396 g/mol. The van der Waals surface area contributed by atoms with Gasteiger partial charge in [-0.15, -0.1) is 11.3 Å². The van der Waals surface area contributed by atoms with Crippen LogP contribution in [0.4, 0.5) is 5.69 Å². The highest BCUT2D eigenvalue weighted by molar-refractivity contribution is 7.14. The second-order valence-electron chi connectivity index (χ2n) is 6.03. The Morgan fingerprint density at radius 1 is 1.14 bits per heavy atom. The lowest BCUT2D eigenvalue weighted by Gasteiger charge is -2.05. The minimum atomic E-state index is -0.653. The lowest BCUT2D eigenvalue weighted by Crippen LogP contribution is -2.14. The van der Waals surface area contributed by atoms with E-state index in [2.05, 4.69) is 4.98 Å². The summed E-state index contributed by atoms with van der Waals surface area (Å²) in [6.07, 6.45) is 0. The number of esters is 1. The Morgan fingerprint density at radius 2 is 1.86 bits per heavy atom. The van der Waals surface area contributed by atoms with Gasteiger partial charge in [0.25, 0.3) is 5.69 Å². The van der Waals surface area contributed by atoms with Crippen LogP contribution in [0.5, 0.6) is 0 Å². The van der Waals surface area contributed by atoms with Crippen molar-refractivity contribution in [1.29, 1.82) is 0 Å². The number of carbonyl (C=O) groups excluding carboxylic acids is 2. The van der Waals surface area contributed by atoms with Crippen molar-refractivity contribution in [3.05, 3.63) is 79.7 Å². The van der Waals surface area contributed by atoms with Crippen LogP contribution in [0, 0.1) is 24.0 Å². The van der Waals surface area contributed by atoms with E-state index < -0.39 is 23.3 Å². The van der Waals surface area contributed by atoms with E-state index in [4.69, 9.17) is 4.74 Å². The number of aryl methyl sites for hydroxylation is 2. The number of ether oxygens (including phenoxy) is 1. The highest BCUT2D eigenvalue weighted by Gasteiger charge is 2.21. The smallest absolute Gasteiger partial charge is 0.351 e. The third kappa shape index (κ3) is 4.12. The molecule has 0 amide bonds. The van der Waals surface area contributed by atoms with Gasteiger partial charge in [0.1, 0.15) is 4.88 Å². The monoisotopic (exact) mass is 396 g/mol. The van der Waals surface area contributed by atoms with Gasteiger partial charge in [0.05, 0.1) is 15.6 Å². The number of hydrogen-bond donors (Lipinski definition) is 0. The first-order valence-corrected chi connectivity index (χ1v) is 9.16. The first-order valence-electron chi connectivity index (χ1n) is 8.35. The Hall–Kier alpha value is -3.39. The molecule has 0 saturated carbocycles. The zero-order valence-corrected chi connectivity index (χ0v) is 16.0. The summed E-state index contributed by atoms with van der Waals surface area (Å²) in [6.45, 7) is 2.86. The maximum Gasteiger partial charge on any atom is 0.351 e. The molecule has 1 aromatic heterocycles. The zero-order valence-electron chi connectivity index (χ0n) is 15.2. The maximum absolute atomic E-state index is 12.5. The minimum Gasteiger partial charge on any atom is -0.453 e. The highest BCUT2D eigenvalue weighted by Crippen LogP contribution is 2.28. The van der Waals surface area contributed by atoms with Crippen molar-refractivity contribution in [1.82, 2.24) is 4.98 Å². The van der Waals surface area contributed by atoms with Crippen LogP contribution in [-0.4, -0.2) is 28.3 Å². The second kappa shape index (κ2) is 8.10. The second-order valence-corrected chi connectivity index (χ2v) is 7.24. The normalized spacial score (nSPS) is 10.5. The molecule has 0 aliphatic heterocycles. The van der Waals surface area contributed by atoms with Gasteiger partial charge in [-0.2, -0.15) is 0 Å². The van der Waals surface area contributed by atoms with E-state index in [0.717, 1.165) is 5.56 Å². The summed E-state index contributed by atoms with van der Waals surface area (Å²) in [5.74, 6) is -1.17. The van der Waals surface area contributed by atoms with Gasteiger partial charge in [-0.1, -0.05) is 42.5 Å². The third-order valence-electron chi connectivity index (χ3n) is 4.03. The van der Waals surface area contributed by atoms with Crippen LogP contribution in [0.25, 0.3) is 11.3 Å². The van der Waals surface area contributed by atoms with Gasteiger partial charge in [-0.05, 0) is 13.8 Å². The molecule has 0 aliphatic rings. The summed E-state index contributed by atoms with van der Waals surface area (Å²) in [4.78, 5) is 40.0. The molecular formula is C20H16N2O5S. The number of ketones is 1. The molecule has 7 nitrogen and oxygen atoms in total. The zero-order chi connectivity index (χ0) is 20.3. The molecule has 0 unspecified atom stereocenters. The van der Waals surface area contributed by atoms with Crippen molar-refractivity contribution in [3.8, 4) is 11.3 Å². The van der Waals surface area contributed by atoms with Crippen molar-refractivity contribution in [3.63, 3.8) is 0 Å². The van der Waals surface area contributed by atoms with Crippen LogP contribution in [0.1, 0.15) is 30.6 Å². The van der Waals surface area contributed by atoms with E-state index in [0.29, 0.717) is 21.1 Å². The highest BCUT2D eigenvalue weighted by atomic mass is 32.1. The summed E-state index contributed by atoms with van der Waals surface area (Å²) in [5.41, 5.74) is 1.70. The molecule has 0 saturated heterocycles. The van der Waals surface area contributed by atoms with E-state index in [9.17, 15) is 19.7 Å². The summed E-state index contributed by atoms with van der Waals surface area (Å²) >= 11 is 1.19. The molecule has 0 N–H and O–H groups in total. The standard InChI is InChI=1S/C20H16N2O5S/c1-12-8-9-15(10-16(12)22(25)26)17(23)11-27-20(24)19-18(21-13(2)28-19)14-6-4-3-5-7-14/h3-10H,11H2,1-2H3. The van der Waals surface area contributed by atoms with Crippen LogP contribution in [0.2, 0.25) is 0 Å². The molecule has 28 heavy (non-hydrogen) atoms. The fourth-order valence-electron chi connectivity index (χ4n) is 2.62. The summed E-state index contributed by atoms with van der Waals surface area (Å²) in [7, 11) is 0. The molecule has 1 heterocycles. The molecule has 0 radical (unpaired) electrons. The predicted octanol–water partition coefficient (Wildman–Crippen LogP) is 4.37. The molecule has 3 rings (SSSR count). The Balaban J connectivity index is 1.76. The van der Waals surface area contributed by atoms with Crippen molar-refractivity contribution < 1.29 is 19.2 Å². The number of benzene rings is 2. The first kappa shape index (κ1) is 19.4. The van der Waals surface area contributed by atoms with Crippen LogP contribution in [0.3, 0.4) is 0 Å². The van der Waals surface area contributed by atoms with E-state index in [1.807, 2.05) is 30.3 Å². The topological polar surface area (TPSA) is 99.4 Å². The quantitative estimate of drug-likeness (QED) is 0.265. The van der Waals surface area contributed by atoms with Gasteiger partial charge in [-0.3, -0.25) is 14.9 Å². The number of hydrogen-bond acceptors (Lipinski definition) is 7. The number of nitro groups is 1. The molecule has 0 aliphatic carbocycles. The largest absolute Gasteiger partial charge is 0.453 e. The molecule has 0 atom stereocenters. The molecule has 0 bridgehead atoms. The van der Waals surface area contributed by atoms with Crippen LogP contribution < -0.4 is 0 Å². The Kier molecular flexibility index (Phi) is 5.60. The van der Waals surface area contributed by atoms with Crippen molar-refractivity contribution in [2.24, 2.45) is 0 Å². The molecule has 8 heteroatoms. The van der Waals surface area contributed by atoms with Crippen molar-refractivity contribution in [2.75, 3.05) is 6.61 Å². The Labute approximate surface area is 164 Å². The van der Waals surface area contributed by atoms with Crippen LogP contribution in [0.15, 0.2) is 48.5 Å². The van der Waals surface area contributed by atoms with Gasteiger partial charge in [0.2, 0.25) is 5.78 Å². The summed E-state index contributed by atoms with van der Waals surface area (Å²) in [6, 6.07) is 13.4. The van der Waals surface area contributed by atoms with Gasteiger partial charge in [0, 0.05) is 22.8 Å². The number of rotatable bonds is 6. The number of carbonyl (C=O) groups is 2. The Morgan fingerprint density at radius 3 is 2.54 bits per heavy atom. The van der Waals surface area contributed by atoms with Crippen molar-refractivity contribution >= 4 is 28.8 Å². The number of thiazole rings is 1. The molecule has 3 aromatic rings.